The molecule has 0 heterocycles. The minimum Gasteiger partial charge on any atom is -2.00 e. The van der Waals surface area contributed by atoms with Gasteiger partial charge >= 0.3 is 19.5 Å². The fourth-order valence-electron chi connectivity index (χ4n) is 0. The summed E-state index contributed by atoms with van der Waals surface area (Å²) in [6.45, 7) is 0. The van der Waals surface area contributed by atoms with Crippen LogP contribution in [-0.2, 0) is 41.7 Å². The van der Waals surface area contributed by atoms with Crippen LogP contribution in [0.5, 0.6) is 0 Å². The first-order valence-electron chi connectivity index (χ1n) is 0. The van der Waals surface area contributed by atoms with Gasteiger partial charge in [-0.15, -0.1) is 0 Å². The quantitative estimate of drug-likeness (QED) is 0.528. The van der Waals surface area contributed by atoms with Crippen LogP contribution in [0.1, 0.15) is 0 Å². The van der Waals surface area contributed by atoms with Crippen LogP contribution in [0.3, 0.4) is 0 Å². The maximum absolute atomic E-state index is 0. The van der Waals surface area contributed by atoms with Gasteiger partial charge in [0.2, 0.25) is 0 Å². The second-order valence-electron chi connectivity index (χ2n) is 0. The van der Waals surface area contributed by atoms with Crippen molar-refractivity contribution in [2.45, 2.75) is 0 Å². The van der Waals surface area contributed by atoms with Crippen LogP contribution in [0, 0.1) is 0 Å². The second-order valence-corrected chi connectivity index (χ2v) is 0. The third kappa shape index (κ3) is 9.02. The monoisotopic (exact) mass is 348 g/mol. The molecule has 0 aliphatic carbocycles. The molecule has 4 radical (unpaired) electrons. The summed E-state index contributed by atoms with van der Waals surface area (Å²) in [5.74, 6) is 0. The van der Waals surface area contributed by atoms with Crippen molar-refractivity contribution in [2.75, 3.05) is 0 Å². The molecule has 0 saturated carbocycles. The van der Waals surface area contributed by atoms with Gasteiger partial charge in [-0.3, -0.25) is 0 Å². The zero-order chi connectivity index (χ0) is 0. The van der Waals surface area contributed by atoms with Gasteiger partial charge in [-0.25, -0.2) is 0 Å². The summed E-state index contributed by atoms with van der Waals surface area (Å²) in [4.78, 5) is 0. The molecule has 0 aromatic rings. The zero-order valence-electron chi connectivity index (χ0n) is 1.90. The van der Waals surface area contributed by atoms with Crippen molar-refractivity contribution in [3.05, 3.63) is 0 Å². The number of hydrogen-bond donors (Lipinski definition) is 0. The fraction of sp³-hybridized carbons (Fsp3) is 0. The Morgan fingerprint density at radius 2 is 1.00 bits per heavy atom. The van der Waals surface area contributed by atoms with Gasteiger partial charge in [-0.2, -0.15) is 0 Å². The molecule has 0 rings (SSSR count). The molecular formula is BiCoOZn. The van der Waals surface area contributed by atoms with E-state index in [9.17, 15) is 0 Å². The topological polar surface area (TPSA) is 28.5 Å². The molecule has 1 nitrogen and oxygen atoms in total. The van der Waals surface area contributed by atoms with E-state index in [1.165, 1.54) is 0 Å². The van der Waals surface area contributed by atoms with Crippen molar-refractivity contribution >= 4 is 26.2 Å². The van der Waals surface area contributed by atoms with Crippen LogP contribution in [0.2, 0.25) is 0 Å². The summed E-state index contributed by atoms with van der Waals surface area (Å²) >= 11 is 0. The summed E-state index contributed by atoms with van der Waals surface area (Å²) in [5.41, 5.74) is 0. The molecule has 0 aliphatic heterocycles. The number of rotatable bonds is 0. The van der Waals surface area contributed by atoms with Gasteiger partial charge in [-0.1, -0.05) is 0 Å². The Bertz CT molecular complexity index is 8.00. The summed E-state index contributed by atoms with van der Waals surface area (Å²) in [6, 6.07) is 0. The van der Waals surface area contributed by atoms with E-state index < -0.39 is 0 Å². The van der Waals surface area contributed by atoms with Crippen molar-refractivity contribution in [3.63, 3.8) is 0 Å². The molecule has 0 aliphatic rings. The molecule has 4 heavy (non-hydrogen) atoms. The first kappa shape index (κ1) is 37.9. The summed E-state index contributed by atoms with van der Waals surface area (Å²) in [6.07, 6.45) is 0. The molecular weight excluding hydrogens is 349 g/mol. The van der Waals surface area contributed by atoms with Crippen molar-refractivity contribution in [3.8, 4) is 0 Å². The summed E-state index contributed by atoms with van der Waals surface area (Å²) < 4.78 is 0. The normalized spacial score (nSPS) is 0. The number of hydrogen-bond acceptors (Lipinski definition) is 0. The standard InChI is InChI=1S/Bi.Co.O.Zn/q;;-2;+2. The molecule has 0 amide bonds. The van der Waals surface area contributed by atoms with Crippen molar-refractivity contribution in [1.82, 2.24) is 0 Å². The molecule has 0 fully saturated rings. The van der Waals surface area contributed by atoms with Gasteiger partial charge in [0.25, 0.3) is 0 Å². The van der Waals surface area contributed by atoms with Crippen LogP contribution in [-0.4, -0.2) is 26.2 Å². The van der Waals surface area contributed by atoms with Gasteiger partial charge in [0, 0.05) is 43.0 Å². The Hall–Kier alpha value is 1.97. The Morgan fingerprint density at radius 3 is 1.00 bits per heavy atom. The SMILES string of the molecule is [Bi].[Co].[O-2].[Zn+2]. The molecule has 0 aromatic carbocycles. The van der Waals surface area contributed by atoms with Crippen LogP contribution in [0.4, 0.5) is 0 Å². The Kier molecular flexibility index (Phi) is 191. The second kappa shape index (κ2) is 20.2. The van der Waals surface area contributed by atoms with Crippen LogP contribution in [0.15, 0.2) is 0 Å². The van der Waals surface area contributed by atoms with Crippen LogP contribution >= 0.6 is 0 Å². The van der Waals surface area contributed by atoms with Crippen molar-refractivity contribution in [1.29, 1.82) is 0 Å². The van der Waals surface area contributed by atoms with E-state index in [1.807, 2.05) is 0 Å². The molecule has 0 unspecified atom stereocenters. The van der Waals surface area contributed by atoms with E-state index in [4.69, 9.17) is 0 Å². The van der Waals surface area contributed by atoms with E-state index in [-0.39, 0.29) is 67.9 Å². The summed E-state index contributed by atoms with van der Waals surface area (Å²) in [7, 11) is 0. The molecule has 0 spiro atoms. The average Bonchev–Trinajstić information content (AvgIpc) is 0. The summed E-state index contributed by atoms with van der Waals surface area (Å²) in [5, 5.41) is 0. The van der Waals surface area contributed by atoms with Gasteiger partial charge < -0.3 is 5.48 Å². The van der Waals surface area contributed by atoms with E-state index in [2.05, 4.69) is 0 Å². The molecule has 4 heteroatoms. The van der Waals surface area contributed by atoms with Crippen LogP contribution in [0.25, 0.3) is 0 Å². The minimum absolute atomic E-state index is 0. The van der Waals surface area contributed by atoms with E-state index in [0.29, 0.717) is 0 Å². The van der Waals surface area contributed by atoms with Gasteiger partial charge in [-0.05, 0) is 0 Å². The van der Waals surface area contributed by atoms with Crippen LogP contribution < -0.4 is 0 Å². The van der Waals surface area contributed by atoms with Gasteiger partial charge in [0.15, 0.2) is 0 Å². The molecule has 0 N–H and O–H groups in total. The predicted molar refractivity (Wildman–Crippen MR) is 6.44 cm³/mol. The average molecular weight is 349 g/mol. The van der Waals surface area contributed by atoms with Crippen molar-refractivity contribution in [2.24, 2.45) is 0 Å². The minimum atomic E-state index is 0. The molecule has 0 atom stereocenters. The molecule has 22 valence electrons. The first-order valence-corrected chi connectivity index (χ1v) is 0. The van der Waals surface area contributed by atoms with Gasteiger partial charge in [0.1, 0.15) is 0 Å². The molecule has 0 aromatic heterocycles. The van der Waals surface area contributed by atoms with E-state index in [1.54, 1.807) is 0 Å². The molecule has 0 saturated heterocycles. The Morgan fingerprint density at radius 1 is 1.00 bits per heavy atom. The third-order valence-corrected chi connectivity index (χ3v) is 0. The fourth-order valence-corrected chi connectivity index (χ4v) is 0. The zero-order valence-corrected chi connectivity index (χ0v) is 9.38. The van der Waals surface area contributed by atoms with E-state index in [0.717, 1.165) is 0 Å². The largest absolute Gasteiger partial charge is 2.00 e. The maximum atomic E-state index is 0. The maximum Gasteiger partial charge on any atom is 2.00 e. The Labute approximate surface area is 67.3 Å². The van der Waals surface area contributed by atoms with Gasteiger partial charge in [0.05, 0.1) is 0 Å². The smallest absolute Gasteiger partial charge is 2.00 e. The third-order valence-electron chi connectivity index (χ3n) is 0. The first-order chi connectivity index (χ1) is 0. The Balaban J connectivity index is 0. The van der Waals surface area contributed by atoms with Crippen molar-refractivity contribution < 1.29 is 41.7 Å². The molecule has 0 bridgehead atoms. The predicted octanol–water partition coefficient (Wildman–Crippen LogP) is -0.505. The van der Waals surface area contributed by atoms with E-state index >= 15 is 0 Å².